The Labute approximate surface area is 204 Å². The third-order valence-corrected chi connectivity index (χ3v) is 7.82. The number of fused-ring (bicyclic) bond motifs is 5. The quantitative estimate of drug-likeness (QED) is 0.232. The Kier molecular flexibility index (Phi) is 4.03. The molecule has 0 unspecified atom stereocenters. The minimum absolute atomic E-state index is 0.113. The van der Waals surface area contributed by atoms with Gasteiger partial charge in [0.1, 0.15) is 0 Å². The van der Waals surface area contributed by atoms with E-state index in [0.717, 1.165) is 10.8 Å². The van der Waals surface area contributed by atoms with Crippen molar-refractivity contribution in [2.45, 2.75) is 19.3 Å². The van der Waals surface area contributed by atoms with E-state index >= 15 is 0 Å². The van der Waals surface area contributed by atoms with E-state index in [1.165, 1.54) is 54.9 Å². The Bertz CT molecular complexity index is 1880. The maximum atomic E-state index is 9.31. The summed E-state index contributed by atoms with van der Waals surface area (Å²) in [6, 6.07) is 39.3. The van der Waals surface area contributed by atoms with Gasteiger partial charge in [-0.05, 0) is 83.9 Å². The molecule has 1 heteroatoms. The van der Waals surface area contributed by atoms with Crippen LogP contribution in [0.1, 0.15) is 30.5 Å². The van der Waals surface area contributed by atoms with Crippen molar-refractivity contribution in [1.82, 2.24) is 0 Å². The van der Waals surface area contributed by atoms with Crippen LogP contribution in [0.3, 0.4) is 0 Å². The molecule has 0 spiro atoms. The molecule has 0 atom stereocenters. The first-order valence-corrected chi connectivity index (χ1v) is 12.1. The zero-order valence-corrected chi connectivity index (χ0v) is 19.8. The van der Waals surface area contributed by atoms with Gasteiger partial charge in [0, 0.05) is 5.41 Å². The first-order chi connectivity index (χ1) is 17.1. The molecule has 0 aliphatic heterocycles. The van der Waals surface area contributed by atoms with Gasteiger partial charge in [-0.15, -0.1) is 0 Å². The lowest BCUT2D eigenvalue weighted by Gasteiger charge is -2.37. The van der Waals surface area contributed by atoms with Crippen molar-refractivity contribution in [1.29, 1.82) is 5.26 Å². The lowest BCUT2D eigenvalue weighted by molar-refractivity contribution is 0.651. The Balaban J connectivity index is 1.66. The van der Waals surface area contributed by atoms with E-state index in [1.54, 1.807) is 0 Å². The second-order valence-corrected chi connectivity index (χ2v) is 10.1. The summed E-state index contributed by atoms with van der Waals surface area (Å²) in [5.74, 6) is 0. The molecule has 1 aliphatic carbocycles. The van der Waals surface area contributed by atoms with Crippen LogP contribution in [0.5, 0.6) is 0 Å². The Morgan fingerprint density at radius 3 is 2.17 bits per heavy atom. The summed E-state index contributed by atoms with van der Waals surface area (Å²) in [6.07, 6.45) is 0. The normalized spacial score (nSPS) is 13.6. The average Bonchev–Trinajstić information content (AvgIpc) is 2.90. The molecule has 0 amide bonds. The van der Waals surface area contributed by atoms with Crippen molar-refractivity contribution < 1.29 is 0 Å². The van der Waals surface area contributed by atoms with Gasteiger partial charge in [-0.1, -0.05) is 98.8 Å². The maximum Gasteiger partial charge on any atom is 0.0991 e. The SMILES string of the molecule is CC1(C)c2ccccc2-c2cccc3c(-c4ccc5cc(C#N)ccc5c4)c4ccccc4c1c23. The van der Waals surface area contributed by atoms with Crippen LogP contribution in [0.2, 0.25) is 0 Å². The number of nitrogens with zero attached hydrogens (tertiary/aromatic N) is 1. The molecule has 1 aliphatic rings. The minimum Gasteiger partial charge on any atom is -0.192 e. The molecule has 0 heterocycles. The number of nitriles is 1. The van der Waals surface area contributed by atoms with Crippen LogP contribution in [0.25, 0.3) is 54.6 Å². The van der Waals surface area contributed by atoms with Crippen LogP contribution >= 0.6 is 0 Å². The summed E-state index contributed by atoms with van der Waals surface area (Å²) in [4.78, 5) is 0. The molecule has 1 nitrogen and oxygen atoms in total. The second-order valence-electron chi connectivity index (χ2n) is 10.1. The zero-order chi connectivity index (χ0) is 23.7. The fraction of sp³-hybridized carbons (Fsp3) is 0.0882. The Hall–Kier alpha value is -4.41. The van der Waals surface area contributed by atoms with Crippen LogP contribution in [0.4, 0.5) is 0 Å². The monoisotopic (exact) mass is 445 g/mol. The molecule has 0 aromatic heterocycles. The summed E-state index contributed by atoms with van der Waals surface area (Å²) >= 11 is 0. The highest BCUT2D eigenvalue weighted by Crippen LogP contribution is 2.53. The molecule has 0 bridgehead atoms. The molecule has 0 N–H and O–H groups in total. The van der Waals surface area contributed by atoms with Gasteiger partial charge in [0.25, 0.3) is 0 Å². The van der Waals surface area contributed by atoms with Crippen molar-refractivity contribution in [3.8, 4) is 28.3 Å². The van der Waals surface area contributed by atoms with Crippen molar-refractivity contribution >= 4 is 32.3 Å². The van der Waals surface area contributed by atoms with Crippen molar-refractivity contribution in [2.24, 2.45) is 0 Å². The Morgan fingerprint density at radius 1 is 0.629 bits per heavy atom. The predicted octanol–water partition coefficient (Wildman–Crippen LogP) is 8.99. The van der Waals surface area contributed by atoms with Crippen molar-refractivity contribution in [2.75, 3.05) is 0 Å². The Morgan fingerprint density at radius 2 is 1.31 bits per heavy atom. The standard InChI is InChI=1S/C34H23N/c1-34(2)30-13-6-5-8-25(30)26-11-7-12-29-31(27-9-3-4-10-28(27)33(34)32(26)29)24-17-16-22-18-21(20-35)14-15-23(22)19-24/h3-19H,1-2H3. The van der Waals surface area contributed by atoms with Gasteiger partial charge in [-0.2, -0.15) is 5.26 Å². The van der Waals surface area contributed by atoms with Gasteiger partial charge in [-0.25, -0.2) is 0 Å². The van der Waals surface area contributed by atoms with E-state index in [9.17, 15) is 5.26 Å². The lowest BCUT2D eigenvalue weighted by atomic mass is 9.66. The highest BCUT2D eigenvalue weighted by molar-refractivity contribution is 6.20. The fourth-order valence-corrected chi connectivity index (χ4v) is 6.28. The van der Waals surface area contributed by atoms with Crippen molar-refractivity contribution in [3.63, 3.8) is 0 Å². The van der Waals surface area contributed by atoms with Crippen LogP contribution < -0.4 is 0 Å². The second kappa shape index (κ2) is 7.05. The third-order valence-electron chi connectivity index (χ3n) is 7.82. The van der Waals surface area contributed by atoms with E-state index in [1.807, 2.05) is 12.1 Å². The molecular formula is C34H23N. The lowest BCUT2D eigenvalue weighted by Crippen LogP contribution is -2.24. The van der Waals surface area contributed by atoms with E-state index in [4.69, 9.17) is 0 Å². The van der Waals surface area contributed by atoms with Gasteiger partial charge >= 0.3 is 0 Å². The van der Waals surface area contributed by atoms with Crippen molar-refractivity contribution in [3.05, 3.63) is 120 Å². The summed E-state index contributed by atoms with van der Waals surface area (Å²) < 4.78 is 0. The highest BCUT2D eigenvalue weighted by atomic mass is 14.4. The molecular weight excluding hydrogens is 422 g/mol. The summed E-state index contributed by atoms with van der Waals surface area (Å²) in [5, 5.41) is 16.8. The predicted molar refractivity (Wildman–Crippen MR) is 147 cm³/mol. The smallest absolute Gasteiger partial charge is 0.0991 e. The van der Waals surface area contributed by atoms with Gasteiger partial charge in [0.15, 0.2) is 0 Å². The van der Waals surface area contributed by atoms with Crippen LogP contribution in [-0.2, 0) is 5.41 Å². The fourth-order valence-electron chi connectivity index (χ4n) is 6.28. The van der Waals surface area contributed by atoms with Crippen LogP contribution in [-0.4, -0.2) is 0 Å². The number of hydrogen-bond acceptors (Lipinski definition) is 1. The maximum absolute atomic E-state index is 9.31. The molecule has 0 radical (unpaired) electrons. The summed E-state index contributed by atoms with van der Waals surface area (Å²) in [5.41, 5.74) is 8.52. The van der Waals surface area contributed by atoms with Gasteiger partial charge in [-0.3, -0.25) is 0 Å². The average molecular weight is 446 g/mol. The minimum atomic E-state index is -0.113. The molecule has 0 saturated heterocycles. The third kappa shape index (κ3) is 2.69. The van der Waals surface area contributed by atoms with E-state index in [-0.39, 0.29) is 5.41 Å². The molecule has 6 aromatic rings. The number of benzene rings is 6. The molecule has 0 saturated carbocycles. The molecule has 35 heavy (non-hydrogen) atoms. The first-order valence-electron chi connectivity index (χ1n) is 12.1. The van der Waals surface area contributed by atoms with Gasteiger partial charge in [0.2, 0.25) is 0 Å². The van der Waals surface area contributed by atoms with E-state index < -0.39 is 0 Å². The zero-order valence-electron chi connectivity index (χ0n) is 19.8. The highest BCUT2D eigenvalue weighted by Gasteiger charge is 2.35. The van der Waals surface area contributed by atoms with E-state index in [0.29, 0.717) is 5.56 Å². The van der Waals surface area contributed by atoms with Crippen LogP contribution in [0.15, 0.2) is 103 Å². The largest absolute Gasteiger partial charge is 0.192 e. The number of rotatable bonds is 1. The summed E-state index contributed by atoms with van der Waals surface area (Å²) in [7, 11) is 0. The number of hydrogen-bond donors (Lipinski definition) is 0. The summed E-state index contributed by atoms with van der Waals surface area (Å²) in [6.45, 7) is 4.73. The van der Waals surface area contributed by atoms with Gasteiger partial charge in [0.05, 0.1) is 11.6 Å². The van der Waals surface area contributed by atoms with E-state index in [2.05, 4.69) is 111 Å². The first kappa shape index (κ1) is 20.0. The molecule has 0 fully saturated rings. The molecule has 164 valence electrons. The molecule has 7 rings (SSSR count). The molecule has 6 aromatic carbocycles. The van der Waals surface area contributed by atoms with Crippen LogP contribution in [0, 0.1) is 11.3 Å². The topological polar surface area (TPSA) is 23.8 Å². The van der Waals surface area contributed by atoms with Gasteiger partial charge < -0.3 is 0 Å².